The van der Waals surface area contributed by atoms with E-state index in [4.69, 9.17) is 9.84 Å². The summed E-state index contributed by atoms with van der Waals surface area (Å²) in [6.07, 6.45) is 0. The van der Waals surface area contributed by atoms with Crippen LogP contribution < -0.4 is 4.74 Å². The van der Waals surface area contributed by atoms with Gasteiger partial charge in [0.05, 0.1) is 19.4 Å². The van der Waals surface area contributed by atoms with Crippen LogP contribution >= 0.6 is 0 Å². The van der Waals surface area contributed by atoms with Gasteiger partial charge in [0.25, 0.3) is 0 Å². The lowest BCUT2D eigenvalue weighted by Crippen LogP contribution is -2.03. The third-order valence-corrected chi connectivity index (χ3v) is 1.69. The normalized spacial score (nSPS) is 9.77. The summed E-state index contributed by atoms with van der Waals surface area (Å²) in [6, 6.07) is 3.19. The van der Waals surface area contributed by atoms with Crippen molar-refractivity contribution in [3.8, 4) is 5.88 Å². The maximum atomic E-state index is 11.0. The zero-order chi connectivity index (χ0) is 9.84. The van der Waals surface area contributed by atoms with Crippen molar-refractivity contribution in [2.45, 2.75) is 13.5 Å². The predicted octanol–water partition coefficient (Wildman–Crippen LogP) is 0.785. The molecule has 1 aromatic heterocycles. The number of Topliss-reactive ketones (excluding diaryl/α,β-unsaturated/α-hetero) is 1. The van der Waals surface area contributed by atoms with E-state index in [0.717, 1.165) is 0 Å². The van der Waals surface area contributed by atoms with Gasteiger partial charge >= 0.3 is 0 Å². The van der Waals surface area contributed by atoms with Crippen LogP contribution in [0.3, 0.4) is 0 Å². The van der Waals surface area contributed by atoms with E-state index in [1.807, 2.05) is 0 Å². The molecule has 0 radical (unpaired) electrons. The van der Waals surface area contributed by atoms with Crippen molar-refractivity contribution >= 4 is 5.78 Å². The standard InChI is InChI=1S/C9H11NO3/c1-6(12)7-3-4-9(13-2)10-8(7)5-11/h3-4,11H,5H2,1-2H3. The van der Waals surface area contributed by atoms with Crippen LogP contribution in [-0.2, 0) is 6.61 Å². The van der Waals surface area contributed by atoms with Crippen molar-refractivity contribution in [2.75, 3.05) is 7.11 Å². The second-order valence-electron chi connectivity index (χ2n) is 2.56. The molecule has 0 atom stereocenters. The third kappa shape index (κ3) is 2.03. The van der Waals surface area contributed by atoms with Crippen LogP contribution in [0.5, 0.6) is 5.88 Å². The highest BCUT2D eigenvalue weighted by Crippen LogP contribution is 2.13. The molecule has 4 heteroatoms. The Labute approximate surface area is 76.2 Å². The Morgan fingerprint density at radius 3 is 2.77 bits per heavy atom. The highest BCUT2D eigenvalue weighted by Gasteiger charge is 2.08. The van der Waals surface area contributed by atoms with Gasteiger partial charge in [0.2, 0.25) is 5.88 Å². The second kappa shape index (κ2) is 4.00. The highest BCUT2D eigenvalue weighted by atomic mass is 16.5. The number of methoxy groups -OCH3 is 1. The summed E-state index contributed by atoms with van der Waals surface area (Å²) in [6.45, 7) is 1.18. The molecule has 0 aliphatic rings. The number of nitrogens with zero attached hydrogens (tertiary/aromatic N) is 1. The lowest BCUT2D eigenvalue weighted by molar-refractivity contribution is 0.101. The predicted molar refractivity (Wildman–Crippen MR) is 46.7 cm³/mol. The molecule has 0 unspecified atom stereocenters. The Morgan fingerprint density at radius 1 is 1.62 bits per heavy atom. The van der Waals surface area contributed by atoms with Gasteiger partial charge < -0.3 is 9.84 Å². The number of aromatic nitrogens is 1. The maximum Gasteiger partial charge on any atom is 0.213 e. The van der Waals surface area contributed by atoms with Gasteiger partial charge in [0.15, 0.2) is 5.78 Å². The Hall–Kier alpha value is -1.42. The van der Waals surface area contributed by atoms with Crippen LogP contribution in [-0.4, -0.2) is 23.0 Å². The van der Waals surface area contributed by atoms with Gasteiger partial charge in [-0.15, -0.1) is 0 Å². The molecule has 0 saturated heterocycles. The van der Waals surface area contributed by atoms with Gasteiger partial charge in [0, 0.05) is 11.6 Å². The number of ketones is 1. The minimum Gasteiger partial charge on any atom is -0.481 e. The van der Waals surface area contributed by atoms with E-state index in [9.17, 15) is 4.79 Å². The molecular formula is C9H11NO3. The largest absolute Gasteiger partial charge is 0.481 e. The zero-order valence-electron chi connectivity index (χ0n) is 7.57. The van der Waals surface area contributed by atoms with Crippen LogP contribution in [0.1, 0.15) is 23.0 Å². The van der Waals surface area contributed by atoms with E-state index >= 15 is 0 Å². The maximum absolute atomic E-state index is 11.0. The van der Waals surface area contributed by atoms with Crippen molar-refractivity contribution in [1.82, 2.24) is 4.98 Å². The minimum absolute atomic E-state index is 0.112. The van der Waals surface area contributed by atoms with E-state index in [2.05, 4.69) is 4.98 Å². The third-order valence-electron chi connectivity index (χ3n) is 1.69. The van der Waals surface area contributed by atoms with Crippen molar-refractivity contribution in [3.05, 3.63) is 23.4 Å². The first-order valence-electron chi connectivity index (χ1n) is 3.84. The van der Waals surface area contributed by atoms with Crippen molar-refractivity contribution < 1.29 is 14.6 Å². The second-order valence-corrected chi connectivity index (χ2v) is 2.56. The van der Waals surface area contributed by atoms with Crippen LogP contribution in [0.4, 0.5) is 0 Å². The van der Waals surface area contributed by atoms with Crippen LogP contribution in [0.25, 0.3) is 0 Å². The van der Waals surface area contributed by atoms with Gasteiger partial charge in [-0.25, -0.2) is 4.98 Å². The van der Waals surface area contributed by atoms with E-state index in [1.165, 1.54) is 14.0 Å². The highest BCUT2D eigenvalue weighted by molar-refractivity contribution is 5.95. The molecule has 0 amide bonds. The fourth-order valence-corrected chi connectivity index (χ4v) is 1.04. The van der Waals surface area contributed by atoms with Crippen molar-refractivity contribution in [3.63, 3.8) is 0 Å². The average molecular weight is 181 g/mol. The number of aliphatic hydroxyl groups is 1. The number of ether oxygens (including phenoxy) is 1. The molecule has 0 aliphatic heterocycles. The summed E-state index contributed by atoms with van der Waals surface area (Å²) in [5.41, 5.74) is 0.787. The number of rotatable bonds is 3. The Bertz CT molecular complexity index is 323. The average Bonchev–Trinajstić information content (AvgIpc) is 2.16. The molecule has 70 valence electrons. The number of hydrogen-bond acceptors (Lipinski definition) is 4. The fraction of sp³-hybridized carbons (Fsp3) is 0.333. The molecule has 0 fully saturated rings. The summed E-state index contributed by atoms with van der Waals surface area (Å²) in [7, 11) is 1.48. The summed E-state index contributed by atoms with van der Waals surface area (Å²) >= 11 is 0. The molecule has 4 nitrogen and oxygen atoms in total. The lowest BCUT2D eigenvalue weighted by atomic mass is 10.1. The zero-order valence-corrected chi connectivity index (χ0v) is 7.57. The molecule has 1 rings (SSSR count). The van der Waals surface area contributed by atoms with E-state index in [0.29, 0.717) is 17.1 Å². The van der Waals surface area contributed by atoms with Gasteiger partial charge in [-0.05, 0) is 13.0 Å². The number of hydrogen-bond donors (Lipinski definition) is 1. The number of aliphatic hydroxyl groups excluding tert-OH is 1. The molecule has 0 spiro atoms. The molecular weight excluding hydrogens is 170 g/mol. The van der Waals surface area contributed by atoms with Gasteiger partial charge in [-0.1, -0.05) is 0 Å². The summed E-state index contributed by atoms with van der Waals surface area (Å²) < 4.78 is 4.86. The number of pyridine rings is 1. The topological polar surface area (TPSA) is 59.4 Å². The Kier molecular flexibility index (Phi) is 2.97. The van der Waals surface area contributed by atoms with Crippen LogP contribution in [0.15, 0.2) is 12.1 Å². The Morgan fingerprint density at radius 2 is 2.31 bits per heavy atom. The SMILES string of the molecule is COc1ccc(C(C)=O)c(CO)n1. The van der Waals surface area contributed by atoms with E-state index in [1.54, 1.807) is 12.1 Å². The minimum atomic E-state index is -0.258. The van der Waals surface area contributed by atoms with Crippen LogP contribution in [0, 0.1) is 0 Å². The summed E-state index contributed by atoms with van der Waals surface area (Å²) in [5, 5.41) is 8.92. The first kappa shape index (κ1) is 9.67. The summed E-state index contributed by atoms with van der Waals surface area (Å²) in [4.78, 5) is 15.0. The van der Waals surface area contributed by atoms with Gasteiger partial charge in [-0.2, -0.15) is 0 Å². The molecule has 1 aromatic rings. The first-order chi connectivity index (χ1) is 6.19. The first-order valence-corrected chi connectivity index (χ1v) is 3.84. The molecule has 0 aromatic carbocycles. The van der Waals surface area contributed by atoms with Gasteiger partial charge in [-0.3, -0.25) is 4.79 Å². The molecule has 13 heavy (non-hydrogen) atoms. The van der Waals surface area contributed by atoms with E-state index < -0.39 is 0 Å². The van der Waals surface area contributed by atoms with Crippen LogP contribution in [0.2, 0.25) is 0 Å². The van der Waals surface area contributed by atoms with Gasteiger partial charge in [0.1, 0.15) is 0 Å². The Balaban J connectivity index is 3.15. The molecule has 0 bridgehead atoms. The smallest absolute Gasteiger partial charge is 0.213 e. The quantitative estimate of drug-likeness (QED) is 0.700. The molecule has 1 N–H and O–H groups in total. The molecule has 1 heterocycles. The fourth-order valence-electron chi connectivity index (χ4n) is 1.04. The van der Waals surface area contributed by atoms with Crippen molar-refractivity contribution in [2.24, 2.45) is 0 Å². The lowest BCUT2D eigenvalue weighted by Gasteiger charge is -2.04. The van der Waals surface area contributed by atoms with E-state index in [-0.39, 0.29) is 12.4 Å². The molecule has 0 aliphatic carbocycles. The molecule has 0 saturated carbocycles. The summed E-state index contributed by atoms with van der Waals surface area (Å²) in [5.74, 6) is 0.285. The monoisotopic (exact) mass is 181 g/mol. The number of carbonyl (C=O) groups is 1. The number of carbonyl (C=O) groups excluding carboxylic acids is 1. The van der Waals surface area contributed by atoms with Crippen molar-refractivity contribution in [1.29, 1.82) is 0 Å².